The third-order valence-electron chi connectivity index (χ3n) is 2.44. The molecule has 2 heteroatoms. The van der Waals surface area contributed by atoms with Gasteiger partial charge in [-0.15, -0.1) is 0 Å². The maximum absolute atomic E-state index is 11.6. The first-order chi connectivity index (χ1) is 6.70. The van der Waals surface area contributed by atoms with E-state index >= 15 is 0 Å². The molecule has 0 radical (unpaired) electrons. The smallest absolute Gasteiger partial charge is 0.161 e. The van der Waals surface area contributed by atoms with Crippen molar-refractivity contribution < 1.29 is 9.53 Å². The van der Waals surface area contributed by atoms with E-state index in [-0.39, 0.29) is 11.9 Å². The van der Waals surface area contributed by atoms with Gasteiger partial charge in [0.2, 0.25) is 0 Å². The minimum absolute atomic E-state index is 0.167. The Kier molecular flexibility index (Phi) is 4.71. The highest BCUT2D eigenvalue weighted by Crippen LogP contribution is 2.19. The summed E-state index contributed by atoms with van der Waals surface area (Å²) in [4.78, 5) is 11.6. The number of carbonyl (C=O) groups is 1. The van der Waals surface area contributed by atoms with E-state index in [4.69, 9.17) is 4.74 Å². The van der Waals surface area contributed by atoms with Crippen LogP contribution in [0.2, 0.25) is 0 Å². The Hall–Kier alpha value is -0.790. The number of ether oxygens (including phenoxy) is 1. The summed E-state index contributed by atoms with van der Waals surface area (Å²) in [6.07, 6.45) is 8.05. The lowest BCUT2D eigenvalue weighted by Gasteiger charge is -2.12. The third kappa shape index (κ3) is 3.95. The van der Waals surface area contributed by atoms with Crippen LogP contribution in [0.15, 0.2) is 11.8 Å². The van der Waals surface area contributed by atoms with Crippen LogP contribution >= 0.6 is 0 Å². The molecule has 1 rings (SSSR count). The summed E-state index contributed by atoms with van der Waals surface area (Å²) in [6, 6.07) is 0. The summed E-state index contributed by atoms with van der Waals surface area (Å²) < 4.78 is 5.37. The van der Waals surface area contributed by atoms with Gasteiger partial charge in [0, 0.05) is 12.0 Å². The van der Waals surface area contributed by atoms with Crippen molar-refractivity contribution in [1.82, 2.24) is 0 Å². The molecule has 2 nitrogen and oxygen atoms in total. The molecule has 0 aromatic carbocycles. The van der Waals surface area contributed by atoms with Crippen LogP contribution in [-0.2, 0) is 9.53 Å². The van der Waals surface area contributed by atoms with Crippen LogP contribution in [0.4, 0.5) is 0 Å². The Balaban J connectivity index is 2.52. The van der Waals surface area contributed by atoms with Crippen molar-refractivity contribution in [2.75, 3.05) is 0 Å². The molecule has 1 fully saturated rings. The second-order valence-electron chi connectivity index (χ2n) is 4.17. The quantitative estimate of drug-likeness (QED) is 0.500. The molecule has 1 aliphatic carbocycles. The molecule has 0 amide bonds. The molecule has 0 aliphatic heterocycles. The van der Waals surface area contributed by atoms with Gasteiger partial charge in [-0.25, -0.2) is 0 Å². The van der Waals surface area contributed by atoms with Crippen LogP contribution in [0.5, 0.6) is 0 Å². The van der Waals surface area contributed by atoms with Gasteiger partial charge in [-0.1, -0.05) is 12.8 Å². The fraction of sp³-hybridized carbons (Fsp3) is 0.750. The topological polar surface area (TPSA) is 26.3 Å². The molecule has 0 spiro atoms. The lowest BCUT2D eigenvalue weighted by atomic mass is 9.96. The second kappa shape index (κ2) is 5.84. The Morgan fingerprint density at radius 3 is 2.43 bits per heavy atom. The highest BCUT2D eigenvalue weighted by molar-refractivity contribution is 5.95. The molecule has 0 atom stereocenters. The minimum Gasteiger partial charge on any atom is -0.498 e. The average Bonchev–Trinajstić information content (AvgIpc) is 2.10. The standard InChI is InChI=1S/C12H20O2/c1-10(2)14-9-11-7-5-3-4-6-8-12(11)13/h9-10H,3-8H2,1-2H3. The zero-order valence-corrected chi connectivity index (χ0v) is 9.21. The summed E-state index contributed by atoms with van der Waals surface area (Å²) in [6.45, 7) is 3.95. The maximum atomic E-state index is 11.6. The number of hydrogen-bond acceptors (Lipinski definition) is 2. The monoisotopic (exact) mass is 196 g/mol. The average molecular weight is 196 g/mol. The molecule has 0 aromatic rings. The molecule has 0 bridgehead atoms. The van der Waals surface area contributed by atoms with Crippen LogP contribution in [0.3, 0.4) is 0 Å². The fourth-order valence-corrected chi connectivity index (χ4v) is 1.60. The predicted octanol–water partition coefficient (Wildman–Crippen LogP) is 3.22. The lowest BCUT2D eigenvalue weighted by molar-refractivity contribution is -0.116. The van der Waals surface area contributed by atoms with E-state index in [0.717, 1.165) is 24.8 Å². The molecule has 1 aliphatic rings. The lowest BCUT2D eigenvalue weighted by Crippen LogP contribution is -2.07. The van der Waals surface area contributed by atoms with E-state index in [1.165, 1.54) is 12.8 Å². The third-order valence-corrected chi connectivity index (χ3v) is 2.44. The van der Waals surface area contributed by atoms with Crippen LogP contribution in [0.25, 0.3) is 0 Å². The van der Waals surface area contributed by atoms with E-state index < -0.39 is 0 Å². The zero-order chi connectivity index (χ0) is 10.4. The summed E-state index contributed by atoms with van der Waals surface area (Å²) >= 11 is 0. The van der Waals surface area contributed by atoms with Crippen molar-refractivity contribution in [3.05, 3.63) is 11.8 Å². The van der Waals surface area contributed by atoms with Gasteiger partial charge in [-0.2, -0.15) is 0 Å². The van der Waals surface area contributed by atoms with Gasteiger partial charge >= 0.3 is 0 Å². The molecule has 1 saturated carbocycles. The molecule has 0 heterocycles. The minimum atomic E-state index is 0.167. The first kappa shape index (κ1) is 11.3. The van der Waals surface area contributed by atoms with Crippen LogP contribution in [0, 0.1) is 0 Å². The van der Waals surface area contributed by atoms with E-state index in [0.29, 0.717) is 6.42 Å². The van der Waals surface area contributed by atoms with Crippen molar-refractivity contribution in [3.8, 4) is 0 Å². The summed E-state index contributed by atoms with van der Waals surface area (Å²) in [7, 11) is 0. The Morgan fingerprint density at radius 1 is 1.14 bits per heavy atom. The van der Waals surface area contributed by atoms with Gasteiger partial charge in [0.25, 0.3) is 0 Å². The van der Waals surface area contributed by atoms with Gasteiger partial charge in [-0.3, -0.25) is 4.79 Å². The molecule has 0 saturated heterocycles. The number of rotatable bonds is 2. The highest BCUT2D eigenvalue weighted by Gasteiger charge is 2.12. The number of hydrogen-bond donors (Lipinski definition) is 0. The van der Waals surface area contributed by atoms with Crippen molar-refractivity contribution in [2.45, 2.75) is 58.5 Å². The Labute approximate surface area is 86.3 Å². The van der Waals surface area contributed by atoms with Gasteiger partial charge in [0.15, 0.2) is 5.78 Å². The summed E-state index contributed by atoms with van der Waals surface area (Å²) in [5.74, 6) is 0.283. The van der Waals surface area contributed by atoms with E-state index in [1.807, 2.05) is 13.8 Å². The summed E-state index contributed by atoms with van der Waals surface area (Å²) in [5.41, 5.74) is 0.887. The first-order valence-corrected chi connectivity index (χ1v) is 5.58. The van der Waals surface area contributed by atoms with Crippen molar-refractivity contribution in [3.63, 3.8) is 0 Å². The van der Waals surface area contributed by atoms with Gasteiger partial charge < -0.3 is 4.74 Å². The Morgan fingerprint density at radius 2 is 1.79 bits per heavy atom. The molecule has 0 N–H and O–H groups in total. The van der Waals surface area contributed by atoms with E-state index in [9.17, 15) is 4.79 Å². The largest absolute Gasteiger partial charge is 0.498 e. The molecular weight excluding hydrogens is 176 g/mol. The van der Waals surface area contributed by atoms with Gasteiger partial charge in [-0.05, 0) is 33.1 Å². The number of ketones is 1. The van der Waals surface area contributed by atoms with E-state index in [1.54, 1.807) is 6.26 Å². The molecule has 14 heavy (non-hydrogen) atoms. The number of carbonyl (C=O) groups excluding carboxylic acids is 1. The fourth-order valence-electron chi connectivity index (χ4n) is 1.60. The van der Waals surface area contributed by atoms with Gasteiger partial charge in [0.05, 0.1) is 12.4 Å². The molecule has 0 aromatic heterocycles. The predicted molar refractivity (Wildman–Crippen MR) is 57.0 cm³/mol. The molecule has 80 valence electrons. The second-order valence-corrected chi connectivity index (χ2v) is 4.17. The highest BCUT2D eigenvalue weighted by atomic mass is 16.5. The summed E-state index contributed by atoms with van der Waals surface area (Å²) in [5, 5.41) is 0. The Bertz CT molecular complexity index is 216. The SMILES string of the molecule is CC(C)OC=C1CCCCCCC1=O. The molecule has 0 unspecified atom stereocenters. The van der Waals surface area contributed by atoms with E-state index in [2.05, 4.69) is 0 Å². The molecular formula is C12H20O2. The van der Waals surface area contributed by atoms with Crippen LogP contribution in [-0.4, -0.2) is 11.9 Å². The van der Waals surface area contributed by atoms with Crippen molar-refractivity contribution >= 4 is 5.78 Å². The van der Waals surface area contributed by atoms with Crippen molar-refractivity contribution in [1.29, 1.82) is 0 Å². The van der Waals surface area contributed by atoms with Crippen molar-refractivity contribution in [2.24, 2.45) is 0 Å². The van der Waals surface area contributed by atoms with Crippen LogP contribution in [0.1, 0.15) is 52.4 Å². The number of Topliss-reactive ketones (excluding diaryl/α,β-unsaturated/α-hetero) is 1. The van der Waals surface area contributed by atoms with Crippen LogP contribution < -0.4 is 0 Å². The zero-order valence-electron chi connectivity index (χ0n) is 9.21. The maximum Gasteiger partial charge on any atom is 0.161 e. The first-order valence-electron chi connectivity index (χ1n) is 5.58. The number of allylic oxidation sites excluding steroid dienone is 1. The van der Waals surface area contributed by atoms with Gasteiger partial charge in [0.1, 0.15) is 0 Å². The normalized spacial score (nSPS) is 22.2.